The Morgan fingerprint density at radius 3 is 2.68 bits per heavy atom. The van der Waals surface area contributed by atoms with Gasteiger partial charge in [0.1, 0.15) is 29.7 Å². The molecule has 1 aliphatic rings. The summed E-state index contributed by atoms with van der Waals surface area (Å²) in [7, 11) is -1.61. The topological polar surface area (TPSA) is 118 Å². The number of halogens is 2. The van der Waals surface area contributed by atoms with Gasteiger partial charge in [0.15, 0.2) is 9.84 Å². The molecule has 0 radical (unpaired) electrons. The molecule has 1 aromatic carbocycles. The minimum atomic E-state index is -3.16. The van der Waals surface area contributed by atoms with E-state index in [2.05, 4.69) is 15.3 Å². The number of alkyl halides is 1. The van der Waals surface area contributed by atoms with E-state index in [9.17, 15) is 22.0 Å². The number of pyridine rings is 1. The SMILES string of the molecule is C[C@H](Nc1ncnc2c1cc(C1=CCS(=O)(=O)CC1)c(=O)n2C)c1cccc(C(F)C#N)c1F. The second kappa shape index (κ2) is 8.95. The Bertz CT molecular complexity index is 1530. The first-order valence-corrected chi connectivity index (χ1v) is 12.3. The lowest BCUT2D eigenvalue weighted by Gasteiger charge is -2.19. The molecule has 0 spiro atoms. The van der Waals surface area contributed by atoms with Crippen LogP contribution < -0.4 is 10.9 Å². The highest BCUT2D eigenvalue weighted by Gasteiger charge is 2.23. The van der Waals surface area contributed by atoms with Crippen molar-refractivity contribution in [2.75, 3.05) is 16.8 Å². The zero-order chi connectivity index (χ0) is 24.6. The number of nitriles is 1. The first kappa shape index (κ1) is 23.5. The fraction of sp³-hybridized carbons (Fsp3) is 0.304. The molecule has 3 heterocycles. The van der Waals surface area contributed by atoms with E-state index in [-0.39, 0.29) is 34.6 Å². The molecule has 2 aromatic heterocycles. The van der Waals surface area contributed by atoms with Crippen molar-refractivity contribution in [1.82, 2.24) is 14.5 Å². The molecule has 1 unspecified atom stereocenters. The predicted octanol–water partition coefficient (Wildman–Crippen LogP) is 3.38. The number of nitrogens with zero attached hydrogens (tertiary/aromatic N) is 4. The Kier molecular flexibility index (Phi) is 6.18. The van der Waals surface area contributed by atoms with E-state index in [1.165, 1.54) is 35.2 Å². The molecule has 4 rings (SSSR count). The average Bonchev–Trinajstić information content (AvgIpc) is 2.81. The number of sulfone groups is 1. The van der Waals surface area contributed by atoms with Crippen molar-refractivity contribution in [3.05, 3.63) is 69.5 Å². The molecule has 0 fully saturated rings. The number of aromatic nitrogens is 3. The average molecular weight is 486 g/mol. The summed E-state index contributed by atoms with van der Waals surface area (Å²) in [6.45, 7) is 1.66. The van der Waals surface area contributed by atoms with Crippen LogP contribution in [0.1, 0.15) is 42.2 Å². The van der Waals surface area contributed by atoms with Crippen LogP contribution >= 0.6 is 0 Å². The summed E-state index contributed by atoms with van der Waals surface area (Å²) in [5.41, 5.74) is 0.796. The van der Waals surface area contributed by atoms with Crippen LogP contribution in [0.15, 0.2) is 41.5 Å². The maximum atomic E-state index is 14.9. The highest BCUT2D eigenvalue weighted by molar-refractivity contribution is 7.91. The zero-order valence-corrected chi connectivity index (χ0v) is 19.2. The molecule has 176 valence electrons. The molecular formula is C23H21F2N5O3S. The highest BCUT2D eigenvalue weighted by Crippen LogP contribution is 2.30. The molecule has 3 aromatic rings. The molecule has 0 bridgehead atoms. The first-order chi connectivity index (χ1) is 16.1. The molecule has 0 saturated heterocycles. The summed E-state index contributed by atoms with van der Waals surface area (Å²) in [6.07, 6.45) is 0.946. The molecule has 0 amide bonds. The first-order valence-electron chi connectivity index (χ1n) is 10.5. The number of benzene rings is 1. The lowest BCUT2D eigenvalue weighted by Crippen LogP contribution is -2.24. The van der Waals surface area contributed by atoms with Crippen molar-refractivity contribution < 1.29 is 17.2 Å². The Labute approximate surface area is 194 Å². The number of rotatable bonds is 5. The van der Waals surface area contributed by atoms with Crippen molar-refractivity contribution in [2.24, 2.45) is 7.05 Å². The van der Waals surface area contributed by atoms with Crippen molar-refractivity contribution in [3.8, 4) is 6.07 Å². The number of hydrogen-bond acceptors (Lipinski definition) is 7. The van der Waals surface area contributed by atoms with E-state index in [0.29, 0.717) is 28.0 Å². The van der Waals surface area contributed by atoms with Crippen LogP contribution in [0.25, 0.3) is 16.6 Å². The van der Waals surface area contributed by atoms with Crippen molar-refractivity contribution >= 4 is 32.3 Å². The van der Waals surface area contributed by atoms with E-state index in [0.717, 1.165) is 0 Å². The third-order valence-electron chi connectivity index (χ3n) is 5.88. The van der Waals surface area contributed by atoms with Crippen molar-refractivity contribution in [1.29, 1.82) is 5.26 Å². The Morgan fingerprint density at radius 2 is 2.00 bits per heavy atom. The Hall–Kier alpha value is -3.65. The summed E-state index contributed by atoms with van der Waals surface area (Å²) >= 11 is 0. The maximum Gasteiger partial charge on any atom is 0.259 e. The van der Waals surface area contributed by atoms with Crippen LogP contribution in [-0.2, 0) is 16.9 Å². The van der Waals surface area contributed by atoms with Crippen LogP contribution in [0.3, 0.4) is 0 Å². The largest absolute Gasteiger partial charge is 0.363 e. The second-order valence-corrected chi connectivity index (χ2v) is 10.3. The molecule has 11 heteroatoms. The quantitative estimate of drug-likeness (QED) is 0.589. The lowest BCUT2D eigenvalue weighted by atomic mass is 10.0. The van der Waals surface area contributed by atoms with Gasteiger partial charge in [0.05, 0.1) is 22.9 Å². The van der Waals surface area contributed by atoms with Crippen LogP contribution in [0.4, 0.5) is 14.6 Å². The van der Waals surface area contributed by atoms with Crippen molar-refractivity contribution in [3.63, 3.8) is 0 Å². The third kappa shape index (κ3) is 4.28. The molecule has 0 aliphatic carbocycles. The van der Waals surface area contributed by atoms with Gasteiger partial charge in [-0.25, -0.2) is 27.2 Å². The molecule has 8 nitrogen and oxygen atoms in total. The Morgan fingerprint density at radius 1 is 1.26 bits per heavy atom. The standard InChI is InChI=1S/C23H21F2N5O3S/c1-13(15-4-3-5-16(20(15)25)19(24)11-26)29-21-18-10-17(14-6-8-34(32,33)9-7-14)23(31)30(2)22(18)28-12-27-21/h3-6,10,12-13,19H,7-9H2,1-2H3,(H,27,28,29)/t13-,19?/m0/s1. The van der Waals surface area contributed by atoms with Gasteiger partial charge in [-0.15, -0.1) is 0 Å². The molecule has 2 atom stereocenters. The Balaban J connectivity index is 1.78. The third-order valence-corrected chi connectivity index (χ3v) is 7.38. The summed E-state index contributed by atoms with van der Waals surface area (Å²) in [6, 6.07) is 6.52. The van der Waals surface area contributed by atoms with E-state index in [4.69, 9.17) is 5.26 Å². The van der Waals surface area contributed by atoms with E-state index in [1.807, 2.05) is 0 Å². The number of aryl methyl sites for hydroxylation is 1. The minimum absolute atomic E-state index is 0.0403. The summed E-state index contributed by atoms with van der Waals surface area (Å²) < 4.78 is 53.7. The normalized spacial score (nSPS) is 17.0. The second-order valence-electron chi connectivity index (χ2n) is 8.08. The van der Waals surface area contributed by atoms with E-state index < -0.39 is 27.9 Å². The molecule has 34 heavy (non-hydrogen) atoms. The monoisotopic (exact) mass is 485 g/mol. The zero-order valence-electron chi connectivity index (χ0n) is 18.4. The van der Waals surface area contributed by atoms with Gasteiger partial charge in [0, 0.05) is 23.7 Å². The predicted molar refractivity (Wildman–Crippen MR) is 124 cm³/mol. The van der Waals surface area contributed by atoms with Gasteiger partial charge in [-0.2, -0.15) is 5.26 Å². The van der Waals surface area contributed by atoms with Crippen LogP contribution in [0.2, 0.25) is 0 Å². The van der Waals surface area contributed by atoms with Crippen LogP contribution in [-0.4, -0.2) is 34.5 Å². The summed E-state index contributed by atoms with van der Waals surface area (Å²) in [5.74, 6) is -0.677. The summed E-state index contributed by atoms with van der Waals surface area (Å²) in [5, 5.41) is 12.4. The van der Waals surface area contributed by atoms with E-state index in [1.54, 1.807) is 26.1 Å². The number of allylic oxidation sites excluding steroid dienone is 1. The van der Waals surface area contributed by atoms with Crippen molar-refractivity contribution in [2.45, 2.75) is 25.6 Å². The van der Waals surface area contributed by atoms with Gasteiger partial charge in [-0.05, 0) is 25.0 Å². The fourth-order valence-electron chi connectivity index (χ4n) is 3.99. The van der Waals surface area contributed by atoms with Crippen LogP contribution in [0, 0.1) is 17.1 Å². The smallest absolute Gasteiger partial charge is 0.259 e. The van der Waals surface area contributed by atoms with Gasteiger partial charge in [-0.3, -0.25) is 9.36 Å². The fourth-order valence-corrected chi connectivity index (χ4v) is 5.14. The molecular weight excluding hydrogens is 464 g/mol. The van der Waals surface area contributed by atoms with Crippen LogP contribution in [0.5, 0.6) is 0 Å². The van der Waals surface area contributed by atoms with E-state index >= 15 is 0 Å². The number of hydrogen-bond donors (Lipinski definition) is 1. The number of anilines is 1. The van der Waals surface area contributed by atoms with Gasteiger partial charge in [0.25, 0.3) is 5.56 Å². The van der Waals surface area contributed by atoms with Gasteiger partial charge >= 0.3 is 0 Å². The highest BCUT2D eigenvalue weighted by atomic mass is 32.2. The molecule has 1 N–H and O–H groups in total. The van der Waals surface area contributed by atoms with Gasteiger partial charge < -0.3 is 5.32 Å². The number of fused-ring (bicyclic) bond motifs is 1. The maximum absolute atomic E-state index is 14.9. The van der Waals surface area contributed by atoms with Gasteiger partial charge in [-0.1, -0.05) is 24.3 Å². The number of nitrogens with one attached hydrogen (secondary N) is 1. The lowest BCUT2D eigenvalue weighted by molar-refractivity contribution is 0.406. The molecule has 1 aliphatic heterocycles. The molecule has 0 saturated carbocycles. The summed E-state index contributed by atoms with van der Waals surface area (Å²) in [4.78, 5) is 21.4. The van der Waals surface area contributed by atoms with Gasteiger partial charge in [0.2, 0.25) is 6.17 Å². The minimum Gasteiger partial charge on any atom is -0.363 e.